The third-order valence-corrected chi connectivity index (χ3v) is 6.58. The minimum absolute atomic E-state index is 0.102. The van der Waals surface area contributed by atoms with E-state index in [0.29, 0.717) is 11.3 Å². The monoisotopic (exact) mass is 463 g/mol. The highest BCUT2D eigenvalue weighted by molar-refractivity contribution is 7.92. The van der Waals surface area contributed by atoms with Crippen molar-refractivity contribution in [1.29, 1.82) is 0 Å². The van der Waals surface area contributed by atoms with Crippen LogP contribution in [0.2, 0.25) is 0 Å². The number of benzene rings is 3. The number of rotatable bonds is 6. The molecule has 1 amide bonds. The van der Waals surface area contributed by atoms with Crippen molar-refractivity contribution < 1.29 is 26.0 Å². The van der Waals surface area contributed by atoms with Crippen LogP contribution in [0.4, 0.5) is 15.8 Å². The average molecular weight is 464 g/mol. The summed E-state index contributed by atoms with van der Waals surface area (Å²) in [5.74, 6) is -1.20. The van der Waals surface area contributed by atoms with Crippen LogP contribution in [-0.4, -0.2) is 22.7 Å². The Labute approximate surface area is 179 Å². The number of carbonyl (C=O) groups excluding carboxylic acids is 1. The number of hydrogen-bond acceptors (Lipinski definition) is 5. The first-order valence-corrected chi connectivity index (χ1v) is 11.8. The van der Waals surface area contributed by atoms with Crippen molar-refractivity contribution in [3.63, 3.8) is 0 Å². The Balaban J connectivity index is 1.77. The van der Waals surface area contributed by atoms with Crippen molar-refractivity contribution in [2.45, 2.75) is 16.7 Å². The summed E-state index contributed by atoms with van der Waals surface area (Å²) in [7, 11) is -7.92. The number of anilines is 2. The minimum Gasteiger partial charge on any atom is -0.322 e. The van der Waals surface area contributed by atoms with Gasteiger partial charge in [0.05, 0.1) is 9.79 Å². The third kappa shape index (κ3) is 5.45. The van der Waals surface area contributed by atoms with Gasteiger partial charge < -0.3 is 5.32 Å². The SMILES string of the molecule is Cc1ccc(S(=O)(=O)Nc2cccc(C(=O)Nc3ccc(S(N)(=O)=O)cc3)c2)cc1F. The average Bonchev–Trinajstić information content (AvgIpc) is 2.69. The first-order valence-electron chi connectivity index (χ1n) is 8.79. The third-order valence-electron chi connectivity index (χ3n) is 4.27. The summed E-state index contributed by atoms with van der Waals surface area (Å²) in [4.78, 5) is 12.1. The zero-order valence-electron chi connectivity index (χ0n) is 16.2. The van der Waals surface area contributed by atoms with E-state index in [1.807, 2.05) is 0 Å². The Hall–Kier alpha value is -3.28. The summed E-state index contributed by atoms with van der Waals surface area (Å²) in [6.45, 7) is 1.52. The first kappa shape index (κ1) is 22.4. The molecule has 0 bridgehead atoms. The van der Waals surface area contributed by atoms with Crippen LogP contribution in [0, 0.1) is 12.7 Å². The summed E-state index contributed by atoms with van der Waals surface area (Å²) in [5, 5.41) is 7.60. The van der Waals surface area contributed by atoms with Crippen molar-refractivity contribution >= 4 is 37.3 Å². The van der Waals surface area contributed by atoms with Crippen LogP contribution in [0.15, 0.2) is 76.5 Å². The molecule has 31 heavy (non-hydrogen) atoms. The van der Waals surface area contributed by atoms with Gasteiger partial charge in [0.2, 0.25) is 10.0 Å². The lowest BCUT2D eigenvalue weighted by Crippen LogP contribution is -2.16. The van der Waals surface area contributed by atoms with E-state index in [1.54, 1.807) is 0 Å². The van der Waals surface area contributed by atoms with Crippen LogP contribution < -0.4 is 15.2 Å². The second-order valence-electron chi connectivity index (χ2n) is 6.62. The molecule has 0 radical (unpaired) electrons. The molecule has 4 N–H and O–H groups in total. The number of amides is 1. The Morgan fingerprint density at radius 2 is 1.52 bits per heavy atom. The Bertz CT molecular complexity index is 1360. The predicted molar refractivity (Wildman–Crippen MR) is 114 cm³/mol. The lowest BCUT2D eigenvalue weighted by Gasteiger charge is -2.11. The molecule has 0 heterocycles. The lowest BCUT2D eigenvalue weighted by atomic mass is 10.2. The normalized spacial score (nSPS) is 11.7. The summed E-state index contributed by atoms with van der Waals surface area (Å²) < 4.78 is 63.6. The molecule has 0 aromatic heterocycles. The summed E-state index contributed by atoms with van der Waals surface area (Å²) >= 11 is 0. The molecule has 11 heteroatoms. The molecule has 0 aliphatic heterocycles. The number of hydrogen-bond donors (Lipinski definition) is 3. The summed E-state index contributed by atoms with van der Waals surface area (Å²) in [5.41, 5.74) is 0.886. The standard InChI is InChI=1S/C20H18FN3O5S2/c1-13-5-8-18(12-19(13)21)31(28,29)24-16-4-2-3-14(11-16)20(25)23-15-6-9-17(10-7-15)30(22,26)27/h2-12,24H,1H3,(H,23,25)(H2,22,26,27). The quantitative estimate of drug-likeness (QED) is 0.517. The second-order valence-corrected chi connectivity index (χ2v) is 9.86. The molecule has 162 valence electrons. The van der Waals surface area contributed by atoms with E-state index < -0.39 is 31.8 Å². The van der Waals surface area contributed by atoms with Gasteiger partial charge in [-0.3, -0.25) is 9.52 Å². The van der Waals surface area contributed by atoms with E-state index in [1.165, 1.54) is 67.6 Å². The smallest absolute Gasteiger partial charge is 0.261 e. The second kappa shape index (κ2) is 8.46. The number of nitrogens with two attached hydrogens (primary N) is 1. The van der Waals surface area contributed by atoms with Crippen LogP contribution in [-0.2, 0) is 20.0 Å². The summed E-state index contributed by atoms with van der Waals surface area (Å²) in [6, 6.07) is 14.5. The van der Waals surface area contributed by atoms with E-state index in [9.17, 15) is 26.0 Å². The molecule has 0 aliphatic rings. The molecular weight excluding hydrogens is 445 g/mol. The van der Waals surface area contributed by atoms with E-state index in [4.69, 9.17) is 5.14 Å². The maximum absolute atomic E-state index is 13.7. The highest BCUT2D eigenvalue weighted by Gasteiger charge is 2.17. The number of aryl methyl sites for hydroxylation is 1. The van der Waals surface area contributed by atoms with Crippen molar-refractivity contribution in [2.24, 2.45) is 5.14 Å². The van der Waals surface area contributed by atoms with E-state index >= 15 is 0 Å². The Morgan fingerprint density at radius 1 is 0.871 bits per heavy atom. The van der Waals surface area contributed by atoms with Gasteiger partial charge in [-0.15, -0.1) is 0 Å². The fourth-order valence-corrected chi connectivity index (χ4v) is 4.19. The molecule has 0 fully saturated rings. The van der Waals surface area contributed by atoms with E-state index in [-0.39, 0.29) is 21.0 Å². The van der Waals surface area contributed by atoms with Gasteiger partial charge >= 0.3 is 0 Å². The largest absolute Gasteiger partial charge is 0.322 e. The number of sulfonamides is 2. The van der Waals surface area contributed by atoms with Crippen LogP contribution in [0.25, 0.3) is 0 Å². The van der Waals surface area contributed by atoms with Gasteiger partial charge in [-0.25, -0.2) is 26.4 Å². The van der Waals surface area contributed by atoms with Gasteiger partial charge in [0.15, 0.2) is 0 Å². The zero-order chi connectivity index (χ0) is 22.8. The molecule has 0 spiro atoms. The van der Waals surface area contributed by atoms with Crippen molar-refractivity contribution in [3.05, 3.63) is 83.7 Å². The van der Waals surface area contributed by atoms with Crippen LogP contribution in [0.3, 0.4) is 0 Å². The minimum atomic E-state index is -4.06. The fourth-order valence-electron chi connectivity index (χ4n) is 2.61. The van der Waals surface area contributed by atoms with Crippen molar-refractivity contribution in [1.82, 2.24) is 0 Å². The molecule has 3 aromatic rings. The van der Waals surface area contributed by atoms with Gasteiger partial charge in [-0.05, 0) is 67.1 Å². The molecule has 0 saturated heterocycles. The highest BCUT2D eigenvalue weighted by atomic mass is 32.2. The van der Waals surface area contributed by atoms with Gasteiger partial charge in [0.1, 0.15) is 5.82 Å². The molecule has 3 aromatic carbocycles. The zero-order valence-corrected chi connectivity index (χ0v) is 17.8. The maximum atomic E-state index is 13.7. The van der Waals surface area contributed by atoms with Crippen molar-refractivity contribution in [2.75, 3.05) is 10.0 Å². The number of carbonyl (C=O) groups is 1. The van der Waals surface area contributed by atoms with Gasteiger partial charge in [0, 0.05) is 16.9 Å². The predicted octanol–water partition coefficient (Wildman–Crippen LogP) is 2.83. The van der Waals surface area contributed by atoms with Crippen LogP contribution in [0.1, 0.15) is 15.9 Å². The van der Waals surface area contributed by atoms with E-state index in [0.717, 1.165) is 6.07 Å². The number of halogens is 1. The van der Waals surface area contributed by atoms with E-state index in [2.05, 4.69) is 10.0 Å². The molecule has 0 aliphatic carbocycles. The topological polar surface area (TPSA) is 135 Å². The molecule has 0 unspecified atom stereocenters. The number of primary sulfonamides is 1. The maximum Gasteiger partial charge on any atom is 0.261 e. The summed E-state index contributed by atoms with van der Waals surface area (Å²) in [6.07, 6.45) is 0. The number of nitrogens with one attached hydrogen (secondary N) is 2. The first-order chi connectivity index (χ1) is 14.5. The van der Waals surface area contributed by atoms with Crippen LogP contribution in [0.5, 0.6) is 0 Å². The molecule has 0 saturated carbocycles. The van der Waals surface area contributed by atoms with Gasteiger partial charge in [0.25, 0.3) is 15.9 Å². The van der Waals surface area contributed by atoms with Gasteiger partial charge in [-0.1, -0.05) is 12.1 Å². The van der Waals surface area contributed by atoms with Gasteiger partial charge in [-0.2, -0.15) is 0 Å². The Kier molecular flexibility index (Phi) is 6.11. The van der Waals surface area contributed by atoms with Crippen molar-refractivity contribution in [3.8, 4) is 0 Å². The molecule has 0 atom stereocenters. The van der Waals surface area contributed by atoms with Crippen LogP contribution >= 0.6 is 0 Å². The Morgan fingerprint density at radius 3 is 2.13 bits per heavy atom. The molecule has 8 nitrogen and oxygen atoms in total. The molecule has 3 rings (SSSR count). The molecular formula is C20H18FN3O5S2. The highest BCUT2D eigenvalue weighted by Crippen LogP contribution is 2.20. The lowest BCUT2D eigenvalue weighted by molar-refractivity contribution is 0.102. The fraction of sp³-hybridized carbons (Fsp3) is 0.0500.